The highest BCUT2D eigenvalue weighted by Gasteiger charge is 2.06. The van der Waals surface area contributed by atoms with Gasteiger partial charge < -0.3 is 10.1 Å². The van der Waals surface area contributed by atoms with Gasteiger partial charge in [-0.3, -0.25) is 9.69 Å². The smallest absolute Gasteiger partial charge is 0.221 e. The van der Waals surface area contributed by atoms with E-state index in [2.05, 4.69) is 16.3 Å². The Balaban J connectivity index is 3.79. The molecular formula is C10H19N3O2. The van der Waals surface area contributed by atoms with Crippen molar-refractivity contribution in [3.63, 3.8) is 0 Å². The van der Waals surface area contributed by atoms with Gasteiger partial charge in [-0.2, -0.15) is 5.26 Å². The number of methoxy groups -OCH3 is 1. The van der Waals surface area contributed by atoms with E-state index >= 15 is 0 Å². The summed E-state index contributed by atoms with van der Waals surface area (Å²) in [5, 5.41) is 11.0. The summed E-state index contributed by atoms with van der Waals surface area (Å²) < 4.78 is 4.96. The average molecular weight is 213 g/mol. The zero-order valence-electron chi connectivity index (χ0n) is 9.45. The number of rotatable bonds is 8. The molecule has 0 unspecified atom stereocenters. The van der Waals surface area contributed by atoms with Gasteiger partial charge in [0.15, 0.2) is 0 Å². The van der Waals surface area contributed by atoms with Crippen molar-refractivity contribution in [2.75, 3.05) is 40.4 Å². The molecule has 5 nitrogen and oxygen atoms in total. The number of amides is 1. The lowest BCUT2D eigenvalue weighted by molar-refractivity contribution is -0.120. The minimum absolute atomic E-state index is 0.0226. The molecule has 0 aromatic rings. The maximum absolute atomic E-state index is 11.0. The Bertz CT molecular complexity index is 213. The maximum Gasteiger partial charge on any atom is 0.221 e. The van der Waals surface area contributed by atoms with Crippen molar-refractivity contribution in [1.29, 1.82) is 5.26 Å². The van der Waals surface area contributed by atoms with Crippen LogP contribution in [0.25, 0.3) is 0 Å². The monoisotopic (exact) mass is 213 g/mol. The van der Waals surface area contributed by atoms with E-state index in [-0.39, 0.29) is 5.91 Å². The van der Waals surface area contributed by atoms with Gasteiger partial charge in [0.05, 0.1) is 12.7 Å². The van der Waals surface area contributed by atoms with Crippen LogP contribution < -0.4 is 5.32 Å². The Kier molecular flexibility index (Phi) is 8.73. The fourth-order valence-electron chi connectivity index (χ4n) is 1.15. The molecule has 0 aliphatic rings. The van der Waals surface area contributed by atoms with Gasteiger partial charge in [0, 0.05) is 46.6 Å². The van der Waals surface area contributed by atoms with Gasteiger partial charge >= 0.3 is 0 Å². The number of carbonyl (C=O) groups is 1. The van der Waals surface area contributed by atoms with Gasteiger partial charge in [0.25, 0.3) is 0 Å². The van der Waals surface area contributed by atoms with Crippen molar-refractivity contribution in [2.45, 2.75) is 12.8 Å². The number of nitrogens with one attached hydrogen (secondary N) is 1. The quantitative estimate of drug-likeness (QED) is 0.615. The fourth-order valence-corrected chi connectivity index (χ4v) is 1.15. The highest BCUT2D eigenvalue weighted by atomic mass is 16.5. The van der Waals surface area contributed by atoms with Gasteiger partial charge in [-0.15, -0.1) is 0 Å². The Morgan fingerprint density at radius 3 is 2.73 bits per heavy atom. The van der Waals surface area contributed by atoms with Crippen molar-refractivity contribution in [2.24, 2.45) is 0 Å². The van der Waals surface area contributed by atoms with Crippen molar-refractivity contribution in [3.8, 4) is 6.07 Å². The predicted octanol–water partition coefficient (Wildman–Crippen LogP) is -0.0154. The van der Waals surface area contributed by atoms with E-state index in [9.17, 15) is 4.79 Å². The van der Waals surface area contributed by atoms with Crippen molar-refractivity contribution < 1.29 is 9.53 Å². The SMILES string of the molecule is CNC(=O)CCN(CCC#N)CCOC. The molecule has 0 heterocycles. The van der Waals surface area contributed by atoms with Crippen LogP contribution in [0.2, 0.25) is 0 Å². The third kappa shape index (κ3) is 7.91. The molecule has 0 saturated carbocycles. The van der Waals surface area contributed by atoms with Crippen LogP contribution in [-0.2, 0) is 9.53 Å². The Labute approximate surface area is 91.0 Å². The lowest BCUT2D eigenvalue weighted by Gasteiger charge is -2.19. The number of nitriles is 1. The minimum Gasteiger partial charge on any atom is -0.383 e. The summed E-state index contributed by atoms with van der Waals surface area (Å²) in [5.41, 5.74) is 0. The van der Waals surface area contributed by atoms with Crippen LogP contribution >= 0.6 is 0 Å². The number of carbonyl (C=O) groups excluding carboxylic acids is 1. The first-order valence-corrected chi connectivity index (χ1v) is 5.03. The van der Waals surface area contributed by atoms with Crippen LogP contribution in [0, 0.1) is 11.3 Å². The van der Waals surface area contributed by atoms with E-state index in [0.717, 1.165) is 6.54 Å². The molecule has 0 aromatic carbocycles. The first-order valence-electron chi connectivity index (χ1n) is 5.03. The lowest BCUT2D eigenvalue weighted by atomic mass is 10.3. The third-order valence-electron chi connectivity index (χ3n) is 2.09. The summed E-state index contributed by atoms with van der Waals surface area (Å²) >= 11 is 0. The van der Waals surface area contributed by atoms with Gasteiger partial charge in [0.2, 0.25) is 5.91 Å². The molecule has 0 aromatic heterocycles. The topological polar surface area (TPSA) is 65.4 Å². The molecule has 0 rings (SSSR count). The molecule has 86 valence electrons. The van der Waals surface area contributed by atoms with Crippen LogP contribution in [0.3, 0.4) is 0 Å². The summed E-state index contributed by atoms with van der Waals surface area (Å²) in [6.45, 7) is 2.75. The van der Waals surface area contributed by atoms with Gasteiger partial charge in [-0.05, 0) is 0 Å². The molecule has 15 heavy (non-hydrogen) atoms. The molecular weight excluding hydrogens is 194 g/mol. The van der Waals surface area contributed by atoms with Crippen LogP contribution in [0.5, 0.6) is 0 Å². The van der Waals surface area contributed by atoms with E-state index in [0.29, 0.717) is 32.5 Å². The normalized spacial score (nSPS) is 10.0. The molecule has 0 aliphatic carbocycles. The molecule has 1 amide bonds. The van der Waals surface area contributed by atoms with E-state index in [1.54, 1.807) is 14.2 Å². The molecule has 0 atom stereocenters. The van der Waals surface area contributed by atoms with E-state index < -0.39 is 0 Å². The third-order valence-corrected chi connectivity index (χ3v) is 2.09. The van der Waals surface area contributed by atoms with E-state index in [4.69, 9.17) is 10.00 Å². The summed E-state index contributed by atoms with van der Waals surface area (Å²) in [5.74, 6) is 0.0226. The summed E-state index contributed by atoms with van der Waals surface area (Å²) in [4.78, 5) is 13.1. The number of hydrogen-bond donors (Lipinski definition) is 1. The number of nitrogens with zero attached hydrogens (tertiary/aromatic N) is 2. The van der Waals surface area contributed by atoms with Crippen LogP contribution in [0.1, 0.15) is 12.8 Å². The van der Waals surface area contributed by atoms with Gasteiger partial charge in [0.1, 0.15) is 0 Å². The molecule has 0 saturated heterocycles. The minimum atomic E-state index is 0.0226. The molecule has 1 N–H and O–H groups in total. The Morgan fingerprint density at radius 2 is 2.20 bits per heavy atom. The fraction of sp³-hybridized carbons (Fsp3) is 0.800. The second-order valence-corrected chi connectivity index (χ2v) is 3.17. The largest absolute Gasteiger partial charge is 0.383 e. The molecule has 0 fully saturated rings. The standard InChI is InChI=1S/C10H19N3O2/c1-12-10(14)4-7-13(6-3-5-11)8-9-15-2/h3-4,6-9H2,1-2H3,(H,12,14). The highest BCUT2D eigenvalue weighted by molar-refractivity contribution is 5.75. The Morgan fingerprint density at radius 1 is 1.47 bits per heavy atom. The summed E-state index contributed by atoms with van der Waals surface area (Å²) in [6.07, 6.45) is 0.948. The van der Waals surface area contributed by atoms with Gasteiger partial charge in [-0.25, -0.2) is 0 Å². The zero-order chi connectivity index (χ0) is 11.5. The lowest BCUT2D eigenvalue weighted by Crippen LogP contribution is -2.32. The predicted molar refractivity (Wildman–Crippen MR) is 57.2 cm³/mol. The van der Waals surface area contributed by atoms with Crippen LogP contribution in [0.4, 0.5) is 0 Å². The van der Waals surface area contributed by atoms with Crippen molar-refractivity contribution in [1.82, 2.24) is 10.2 Å². The van der Waals surface area contributed by atoms with Crippen LogP contribution in [-0.4, -0.2) is 51.2 Å². The first-order chi connectivity index (χ1) is 7.24. The van der Waals surface area contributed by atoms with Crippen molar-refractivity contribution >= 4 is 5.91 Å². The van der Waals surface area contributed by atoms with E-state index in [1.807, 2.05) is 0 Å². The van der Waals surface area contributed by atoms with Crippen molar-refractivity contribution in [3.05, 3.63) is 0 Å². The summed E-state index contributed by atoms with van der Waals surface area (Å²) in [7, 11) is 3.26. The Hall–Kier alpha value is -1.12. The summed E-state index contributed by atoms with van der Waals surface area (Å²) in [6, 6.07) is 2.09. The molecule has 0 bridgehead atoms. The second-order valence-electron chi connectivity index (χ2n) is 3.17. The van der Waals surface area contributed by atoms with Crippen LogP contribution in [0.15, 0.2) is 0 Å². The maximum atomic E-state index is 11.0. The first kappa shape index (κ1) is 13.9. The second kappa shape index (κ2) is 9.44. The molecule has 0 spiro atoms. The molecule has 0 radical (unpaired) electrons. The average Bonchev–Trinajstić information content (AvgIpc) is 2.27. The number of ether oxygens (including phenoxy) is 1. The number of hydrogen-bond acceptors (Lipinski definition) is 4. The van der Waals surface area contributed by atoms with Gasteiger partial charge in [-0.1, -0.05) is 0 Å². The van der Waals surface area contributed by atoms with E-state index in [1.165, 1.54) is 0 Å². The molecule has 0 aliphatic heterocycles. The zero-order valence-corrected chi connectivity index (χ0v) is 9.45. The highest BCUT2D eigenvalue weighted by Crippen LogP contribution is 1.94. The molecule has 5 heteroatoms.